The van der Waals surface area contributed by atoms with Gasteiger partial charge in [0.2, 0.25) is 0 Å². The average Bonchev–Trinajstić information content (AvgIpc) is 3.96. The maximum absolute atomic E-state index is 5.10. The van der Waals surface area contributed by atoms with Crippen LogP contribution >= 0.6 is 11.3 Å². The van der Waals surface area contributed by atoms with E-state index < -0.39 is 0 Å². The summed E-state index contributed by atoms with van der Waals surface area (Å²) < 4.78 is 4.92. The van der Waals surface area contributed by atoms with Crippen LogP contribution in [0.3, 0.4) is 0 Å². The molecule has 0 fully saturated rings. The van der Waals surface area contributed by atoms with E-state index in [4.69, 9.17) is 15.0 Å². The van der Waals surface area contributed by atoms with Crippen molar-refractivity contribution < 1.29 is 0 Å². The van der Waals surface area contributed by atoms with Gasteiger partial charge < -0.3 is 9.55 Å². The number of nitrogens with zero attached hydrogens (tertiary/aromatic N) is 4. The van der Waals surface area contributed by atoms with Crippen LogP contribution in [0.2, 0.25) is 0 Å². The van der Waals surface area contributed by atoms with Crippen LogP contribution in [0.1, 0.15) is 0 Å². The molecule has 0 aliphatic rings. The van der Waals surface area contributed by atoms with Crippen molar-refractivity contribution >= 4 is 75.1 Å². The Morgan fingerprint density at radius 3 is 1.81 bits per heavy atom. The molecule has 6 heteroatoms. The van der Waals surface area contributed by atoms with E-state index in [1.54, 1.807) is 0 Å². The van der Waals surface area contributed by atoms with E-state index in [2.05, 4.69) is 131 Å². The van der Waals surface area contributed by atoms with E-state index in [1.165, 1.54) is 53.1 Å². The lowest BCUT2D eigenvalue weighted by molar-refractivity contribution is 1.08. The van der Waals surface area contributed by atoms with Gasteiger partial charge in [0, 0.05) is 64.9 Å². The second-order valence-corrected chi connectivity index (χ2v) is 15.5. The lowest BCUT2D eigenvalue weighted by Gasteiger charge is -2.10. The van der Waals surface area contributed by atoms with E-state index in [1.807, 2.05) is 72.0 Å². The van der Waals surface area contributed by atoms with Gasteiger partial charge in [-0.1, -0.05) is 146 Å². The smallest absolute Gasteiger partial charge is 0.164 e. The van der Waals surface area contributed by atoms with Gasteiger partial charge in [0.1, 0.15) is 0 Å². The standard InChI is InChI=1S/C51H31N5S/c1-4-13-31(14-5-1)34-23-25-37-36-19-10-11-22-43(36)56(44(37)29-34)35-24-28-45-41(30-35)38-26-27-39-46-40(20-12-21-42(46)52-47(39)48(38)57-45)51-54-49(32-15-6-2-7-16-32)53-50(55-51)33-17-8-3-9-18-33/h1-30,52H. The largest absolute Gasteiger partial charge is 0.353 e. The van der Waals surface area contributed by atoms with Crippen LogP contribution in [0.4, 0.5) is 0 Å². The molecule has 0 saturated carbocycles. The molecule has 0 saturated heterocycles. The SMILES string of the molecule is c1ccc(-c2ccc3c4ccccc4n(-c4ccc5sc6c(ccc7c6[nH]c6cccc(-c8nc(-c9ccccc9)nc(-c9ccccc9)n8)c67)c5c4)c3c2)cc1. The molecule has 12 aromatic rings. The Labute approximate surface area is 331 Å². The quantitative estimate of drug-likeness (QED) is 0.191. The van der Waals surface area contributed by atoms with Gasteiger partial charge in [-0.25, -0.2) is 15.0 Å². The molecule has 4 heterocycles. The lowest BCUT2D eigenvalue weighted by Crippen LogP contribution is -2.00. The zero-order valence-electron chi connectivity index (χ0n) is 30.5. The maximum Gasteiger partial charge on any atom is 0.164 e. The fourth-order valence-corrected chi connectivity index (χ4v) is 9.74. The van der Waals surface area contributed by atoms with Gasteiger partial charge in [-0.15, -0.1) is 11.3 Å². The number of H-pyrrole nitrogens is 1. The summed E-state index contributed by atoms with van der Waals surface area (Å²) in [6, 6.07) is 64.4. The molecule has 12 rings (SSSR count). The van der Waals surface area contributed by atoms with Crippen molar-refractivity contribution in [3.8, 4) is 51.0 Å². The Kier molecular flexibility index (Phi) is 7.03. The number of fused-ring (bicyclic) bond motifs is 10. The molecule has 0 atom stereocenters. The van der Waals surface area contributed by atoms with Gasteiger partial charge in [0.15, 0.2) is 17.5 Å². The number of thiophene rings is 1. The van der Waals surface area contributed by atoms with Gasteiger partial charge in [-0.3, -0.25) is 0 Å². The molecule has 57 heavy (non-hydrogen) atoms. The molecule has 0 spiro atoms. The Hall–Kier alpha value is -7.41. The van der Waals surface area contributed by atoms with Crippen LogP contribution in [0.5, 0.6) is 0 Å². The molecule has 0 aliphatic carbocycles. The molecule has 266 valence electrons. The third-order valence-corrected chi connectivity index (χ3v) is 12.4. The van der Waals surface area contributed by atoms with Crippen molar-refractivity contribution in [2.75, 3.05) is 0 Å². The van der Waals surface area contributed by atoms with E-state index in [9.17, 15) is 0 Å². The molecular formula is C51H31N5S. The molecule has 0 bridgehead atoms. The van der Waals surface area contributed by atoms with Crippen molar-refractivity contribution in [2.24, 2.45) is 0 Å². The number of nitrogens with one attached hydrogen (secondary N) is 1. The van der Waals surface area contributed by atoms with Crippen LogP contribution in [0.25, 0.3) is 115 Å². The first-order valence-corrected chi connectivity index (χ1v) is 19.9. The van der Waals surface area contributed by atoms with Crippen molar-refractivity contribution in [2.45, 2.75) is 0 Å². The maximum atomic E-state index is 5.10. The van der Waals surface area contributed by atoms with Crippen LogP contribution in [-0.4, -0.2) is 24.5 Å². The zero-order valence-corrected chi connectivity index (χ0v) is 31.3. The second kappa shape index (κ2) is 12.6. The highest BCUT2D eigenvalue weighted by Crippen LogP contribution is 2.44. The number of hydrogen-bond donors (Lipinski definition) is 1. The Balaban J connectivity index is 1.05. The van der Waals surface area contributed by atoms with Crippen LogP contribution in [0, 0.1) is 0 Å². The predicted octanol–water partition coefficient (Wildman–Crippen LogP) is 13.6. The third kappa shape index (κ3) is 5.04. The number of rotatable bonds is 5. The highest BCUT2D eigenvalue weighted by Gasteiger charge is 2.20. The summed E-state index contributed by atoms with van der Waals surface area (Å²) in [6.07, 6.45) is 0. The van der Waals surface area contributed by atoms with Crippen molar-refractivity contribution in [1.82, 2.24) is 24.5 Å². The molecule has 5 nitrogen and oxygen atoms in total. The van der Waals surface area contributed by atoms with E-state index in [0.717, 1.165) is 44.2 Å². The van der Waals surface area contributed by atoms with E-state index in [-0.39, 0.29) is 0 Å². The fourth-order valence-electron chi connectivity index (χ4n) is 8.56. The summed E-state index contributed by atoms with van der Waals surface area (Å²) in [4.78, 5) is 19.0. The minimum atomic E-state index is 0.650. The molecule has 8 aromatic carbocycles. The minimum absolute atomic E-state index is 0.650. The summed E-state index contributed by atoms with van der Waals surface area (Å²) in [5.74, 6) is 1.95. The number of aromatic amines is 1. The molecule has 1 N–H and O–H groups in total. The first-order chi connectivity index (χ1) is 28.2. The molecular weight excluding hydrogens is 715 g/mol. The summed E-state index contributed by atoms with van der Waals surface area (Å²) in [6.45, 7) is 0. The second-order valence-electron chi connectivity index (χ2n) is 14.5. The number of hydrogen-bond acceptors (Lipinski definition) is 4. The highest BCUT2D eigenvalue weighted by atomic mass is 32.1. The van der Waals surface area contributed by atoms with E-state index >= 15 is 0 Å². The summed E-state index contributed by atoms with van der Waals surface area (Å²) in [5, 5.41) is 7.25. The molecule has 0 radical (unpaired) electrons. The Bertz CT molecular complexity index is 3450. The zero-order chi connectivity index (χ0) is 37.5. The topological polar surface area (TPSA) is 59.4 Å². The predicted molar refractivity (Wildman–Crippen MR) is 238 cm³/mol. The fraction of sp³-hybridized carbons (Fsp3) is 0. The number of benzene rings is 8. The van der Waals surface area contributed by atoms with Gasteiger partial charge in [-0.2, -0.15) is 0 Å². The third-order valence-electron chi connectivity index (χ3n) is 11.2. The van der Waals surface area contributed by atoms with Crippen molar-refractivity contribution in [1.29, 1.82) is 0 Å². The summed E-state index contributed by atoms with van der Waals surface area (Å²) in [5.41, 5.74) is 11.0. The lowest BCUT2D eigenvalue weighted by atomic mass is 10.0. The first-order valence-electron chi connectivity index (χ1n) is 19.1. The van der Waals surface area contributed by atoms with E-state index in [0.29, 0.717) is 17.5 Å². The average molecular weight is 746 g/mol. The van der Waals surface area contributed by atoms with Gasteiger partial charge in [0.05, 0.1) is 21.3 Å². The van der Waals surface area contributed by atoms with Gasteiger partial charge in [-0.05, 0) is 47.5 Å². The first kappa shape index (κ1) is 31.9. The molecule has 0 amide bonds. The normalized spacial score (nSPS) is 11.9. The van der Waals surface area contributed by atoms with Crippen LogP contribution in [0.15, 0.2) is 182 Å². The van der Waals surface area contributed by atoms with Crippen molar-refractivity contribution in [3.05, 3.63) is 182 Å². The monoisotopic (exact) mass is 745 g/mol. The Morgan fingerprint density at radius 2 is 1.05 bits per heavy atom. The highest BCUT2D eigenvalue weighted by molar-refractivity contribution is 7.26. The molecule has 0 aliphatic heterocycles. The number of aromatic nitrogens is 5. The van der Waals surface area contributed by atoms with Crippen LogP contribution in [-0.2, 0) is 0 Å². The summed E-state index contributed by atoms with van der Waals surface area (Å²) >= 11 is 1.84. The van der Waals surface area contributed by atoms with Gasteiger partial charge >= 0.3 is 0 Å². The van der Waals surface area contributed by atoms with Gasteiger partial charge in [0.25, 0.3) is 0 Å². The molecule has 4 aromatic heterocycles. The summed E-state index contributed by atoms with van der Waals surface area (Å²) in [7, 11) is 0. The minimum Gasteiger partial charge on any atom is -0.353 e. The number of para-hydroxylation sites is 1. The van der Waals surface area contributed by atoms with Crippen molar-refractivity contribution in [3.63, 3.8) is 0 Å². The van der Waals surface area contributed by atoms with Crippen LogP contribution < -0.4 is 0 Å². The molecule has 0 unspecified atom stereocenters. The Morgan fingerprint density at radius 1 is 0.421 bits per heavy atom.